The van der Waals surface area contributed by atoms with E-state index in [1.807, 2.05) is 26.0 Å². The number of hydrogen-bond donors (Lipinski definition) is 2. The Morgan fingerprint density at radius 2 is 1.93 bits per heavy atom. The van der Waals surface area contributed by atoms with Crippen molar-refractivity contribution in [3.05, 3.63) is 48.0 Å². The summed E-state index contributed by atoms with van der Waals surface area (Å²) in [5.41, 5.74) is 3.27. The SMILES string of the molecule is CCC(O)c1cc(C)c(-c2cc3cnc(NC(=O)[C@@H]4C[C@@H]4F)cc3cn2)cn1. The fourth-order valence-corrected chi connectivity index (χ4v) is 3.14. The van der Waals surface area contributed by atoms with Gasteiger partial charge in [0, 0.05) is 34.9 Å². The number of pyridine rings is 3. The Morgan fingerprint density at radius 3 is 2.61 bits per heavy atom. The van der Waals surface area contributed by atoms with Crippen LogP contribution in [-0.4, -0.2) is 32.1 Å². The second-order valence-corrected chi connectivity index (χ2v) is 7.18. The number of hydrogen-bond acceptors (Lipinski definition) is 5. The van der Waals surface area contributed by atoms with E-state index in [9.17, 15) is 14.3 Å². The Hall–Kier alpha value is -2.93. The van der Waals surface area contributed by atoms with E-state index in [0.717, 1.165) is 27.6 Å². The summed E-state index contributed by atoms with van der Waals surface area (Å²) in [6, 6.07) is 5.51. The van der Waals surface area contributed by atoms with Crippen LogP contribution in [-0.2, 0) is 4.79 Å². The van der Waals surface area contributed by atoms with E-state index in [4.69, 9.17) is 0 Å². The molecule has 3 aromatic heterocycles. The molecule has 6 nitrogen and oxygen atoms in total. The van der Waals surface area contributed by atoms with Crippen molar-refractivity contribution in [1.29, 1.82) is 0 Å². The van der Waals surface area contributed by atoms with Crippen molar-refractivity contribution < 1.29 is 14.3 Å². The lowest BCUT2D eigenvalue weighted by atomic mass is 10.0. The topological polar surface area (TPSA) is 88.0 Å². The molecule has 0 spiro atoms. The minimum absolute atomic E-state index is 0.284. The van der Waals surface area contributed by atoms with E-state index in [1.165, 1.54) is 0 Å². The summed E-state index contributed by atoms with van der Waals surface area (Å²) in [4.78, 5) is 25.0. The van der Waals surface area contributed by atoms with Crippen LogP contribution in [0, 0.1) is 12.8 Å². The van der Waals surface area contributed by atoms with Crippen molar-refractivity contribution in [2.24, 2.45) is 5.92 Å². The zero-order valence-corrected chi connectivity index (χ0v) is 15.7. The molecule has 144 valence electrons. The third-order valence-corrected chi connectivity index (χ3v) is 5.04. The molecule has 3 atom stereocenters. The van der Waals surface area contributed by atoms with Crippen LogP contribution in [0.3, 0.4) is 0 Å². The normalized spacial score (nSPS) is 19.4. The number of aliphatic hydroxyl groups is 1. The van der Waals surface area contributed by atoms with Gasteiger partial charge in [0.2, 0.25) is 5.91 Å². The molecule has 7 heteroatoms. The van der Waals surface area contributed by atoms with Crippen molar-refractivity contribution in [2.45, 2.75) is 39.0 Å². The Kier molecular flexibility index (Phi) is 4.77. The van der Waals surface area contributed by atoms with Gasteiger partial charge in [-0.05, 0) is 43.5 Å². The predicted molar refractivity (Wildman–Crippen MR) is 104 cm³/mol. The number of alkyl halides is 1. The molecule has 1 fully saturated rings. The molecule has 2 N–H and O–H groups in total. The van der Waals surface area contributed by atoms with Crippen LogP contribution in [0.4, 0.5) is 10.2 Å². The van der Waals surface area contributed by atoms with Gasteiger partial charge in [-0.2, -0.15) is 0 Å². The summed E-state index contributed by atoms with van der Waals surface area (Å²) in [6.45, 7) is 3.87. The number of carbonyl (C=O) groups is 1. The molecule has 1 aliphatic carbocycles. The average molecular weight is 380 g/mol. The number of rotatable bonds is 5. The van der Waals surface area contributed by atoms with Crippen molar-refractivity contribution in [3.8, 4) is 11.3 Å². The highest BCUT2D eigenvalue weighted by Gasteiger charge is 2.43. The lowest BCUT2D eigenvalue weighted by molar-refractivity contribution is -0.117. The molecular formula is C21H21FN4O2. The number of aliphatic hydroxyl groups excluding tert-OH is 1. The highest BCUT2D eigenvalue weighted by atomic mass is 19.1. The van der Waals surface area contributed by atoms with Crippen LogP contribution in [0.2, 0.25) is 0 Å². The minimum Gasteiger partial charge on any atom is -0.387 e. The van der Waals surface area contributed by atoms with Gasteiger partial charge in [0.25, 0.3) is 0 Å². The third-order valence-electron chi connectivity index (χ3n) is 5.04. The summed E-state index contributed by atoms with van der Waals surface area (Å²) in [5, 5.41) is 14.3. The zero-order chi connectivity index (χ0) is 19.8. The maximum atomic E-state index is 13.0. The lowest BCUT2D eigenvalue weighted by Crippen LogP contribution is -2.15. The molecule has 4 rings (SSSR count). The first kappa shape index (κ1) is 18.4. The number of nitrogens with zero attached hydrogens (tertiary/aromatic N) is 3. The van der Waals surface area contributed by atoms with E-state index in [1.54, 1.807) is 24.7 Å². The van der Waals surface area contributed by atoms with Crippen LogP contribution in [0.15, 0.2) is 36.8 Å². The number of anilines is 1. The van der Waals surface area contributed by atoms with Gasteiger partial charge >= 0.3 is 0 Å². The summed E-state index contributed by atoms with van der Waals surface area (Å²) >= 11 is 0. The largest absolute Gasteiger partial charge is 0.387 e. The van der Waals surface area contributed by atoms with Crippen LogP contribution in [0.25, 0.3) is 22.0 Å². The number of nitrogens with one attached hydrogen (secondary N) is 1. The van der Waals surface area contributed by atoms with Crippen LogP contribution in [0.5, 0.6) is 0 Å². The fourth-order valence-electron chi connectivity index (χ4n) is 3.14. The molecule has 0 saturated heterocycles. The first-order chi connectivity index (χ1) is 13.5. The monoisotopic (exact) mass is 380 g/mol. The van der Waals surface area contributed by atoms with Crippen molar-refractivity contribution in [1.82, 2.24) is 15.0 Å². The standard InChI is InChI=1S/C21H21FN4O2/c1-3-19(27)18-4-11(2)15(10-24-18)17-5-12-9-25-20(6-13(12)8-23-17)26-21(28)14-7-16(14)22/h4-6,8-10,14,16,19,27H,3,7H2,1-2H3,(H,25,26,28)/t14-,16+,19?/m1/s1. The Balaban J connectivity index is 1.60. The van der Waals surface area contributed by atoms with Gasteiger partial charge in [-0.1, -0.05) is 6.92 Å². The van der Waals surface area contributed by atoms with Gasteiger partial charge < -0.3 is 10.4 Å². The Labute approximate surface area is 161 Å². The summed E-state index contributed by atoms with van der Waals surface area (Å²) in [5.74, 6) is -0.496. The summed E-state index contributed by atoms with van der Waals surface area (Å²) in [6.07, 6.45) is 4.38. The molecule has 1 amide bonds. The molecule has 0 aliphatic heterocycles. The van der Waals surface area contributed by atoms with Crippen LogP contribution < -0.4 is 5.32 Å². The lowest BCUT2D eigenvalue weighted by Gasteiger charge is -2.11. The van der Waals surface area contributed by atoms with E-state index in [0.29, 0.717) is 17.9 Å². The molecule has 1 saturated carbocycles. The molecule has 1 unspecified atom stereocenters. The van der Waals surface area contributed by atoms with E-state index in [-0.39, 0.29) is 12.3 Å². The van der Waals surface area contributed by atoms with E-state index >= 15 is 0 Å². The molecular weight excluding hydrogens is 359 g/mol. The van der Waals surface area contributed by atoms with Gasteiger partial charge in [0.15, 0.2) is 0 Å². The first-order valence-corrected chi connectivity index (χ1v) is 9.32. The Bertz CT molecular complexity index is 1060. The number of carbonyl (C=O) groups excluding carboxylic acids is 1. The summed E-state index contributed by atoms with van der Waals surface area (Å²) in [7, 11) is 0. The van der Waals surface area contributed by atoms with Gasteiger partial charge in [-0.25, -0.2) is 9.37 Å². The predicted octanol–water partition coefficient (Wildman–Crippen LogP) is 3.74. The molecule has 0 aromatic carbocycles. The van der Waals surface area contributed by atoms with E-state index in [2.05, 4.69) is 20.3 Å². The van der Waals surface area contributed by atoms with Crippen molar-refractivity contribution in [3.63, 3.8) is 0 Å². The quantitative estimate of drug-likeness (QED) is 0.704. The zero-order valence-electron chi connectivity index (χ0n) is 15.7. The molecule has 28 heavy (non-hydrogen) atoms. The average Bonchev–Trinajstić information content (AvgIpc) is 3.43. The highest BCUT2D eigenvalue weighted by Crippen LogP contribution is 2.34. The molecule has 0 radical (unpaired) electrons. The van der Waals surface area contributed by atoms with Crippen LogP contribution >= 0.6 is 0 Å². The molecule has 3 heterocycles. The van der Waals surface area contributed by atoms with Gasteiger partial charge in [0.05, 0.1) is 23.4 Å². The third kappa shape index (κ3) is 3.57. The number of aromatic nitrogens is 3. The molecule has 3 aromatic rings. The first-order valence-electron chi connectivity index (χ1n) is 9.32. The molecule has 0 bridgehead atoms. The maximum absolute atomic E-state index is 13.0. The second-order valence-electron chi connectivity index (χ2n) is 7.18. The summed E-state index contributed by atoms with van der Waals surface area (Å²) < 4.78 is 13.0. The number of amides is 1. The van der Waals surface area contributed by atoms with E-state index < -0.39 is 18.2 Å². The van der Waals surface area contributed by atoms with Gasteiger partial charge in [-0.3, -0.25) is 14.8 Å². The van der Waals surface area contributed by atoms with Crippen LogP contribution in [0.1, 0.15) is 37.1 Å². The fraction of sp³-hybridized carbons (Fsp3) is 0.333. The van der Waals surface area contributed by atoms with Crippen molar-refractivity contribution in [2.75, 3.05) is 5.32 Å². The second kappa shape index (κ2) is 7.24. The minimum atomic E-state index is -1.04. The number of halogens is 1. The van der Waals surface area contributed by atoms with Crippen molar-refractivity contribution >= 4 is 22.5 Å². The highest BCUT2D eigenvalue weighted by molar-refractivity contribution is 5.96. The smallest absolute Gasteiger partial charge is 0.231 e. The Morgan fingerprint density at radius 1 is 1.21 bits per heavy atom. The maximum Gasteiger partial charge on any atom is 0.231 e. The van der Waals surface area contributed by atoms with Gasteiger partial charge in [-0.15, -0.1) is 0 Å². The molecule has 1 aliphatic rings. The number of aryl methyl sites for hydroxylation is 1. The van der Waals surface area contributed by atoms with Gasteiger partial charge in [0.1, 0.15) is 12.0 Å². The number of fused-ring (bicyclic) bond motifs is 1.